The number of nitrogens with zero attached hydrogens (tertiary/aromatic N) is 1. The molecule has 0 aliphatic carbocycles. The number of thiazole rings is 1. The van der Waals surface area contributed by atoms with Crippen LogP contribution in [0.5, 0.6) is 0 Å². The van der Waals surface area contributed by atoms with Crippen LogP contribution in [0, 0.1) is 0 Å². The van der Waals surface area contributed by atoms with E-state index in [9.17, 15) is 9.59 Å². The molecule has 1 N–H and O–H groups in total. The van der Waals surface area contributed by atoms with E-state index in [0.29, 0.717) is 21.4 Å². The summed E-state index contributed by atoms with van der Waals surface area (Å²) >= 11 is 1.06. The molecule has 2 aromatic rings. The predicted molar refractivity (Wildman–Crippen MR) is 79.1 cm³/mol. The summed E-state index contributed by atoms with van der Waals surface area (Å²) < 4.78 is 2.34. The first-order chi connectivity index (χ1) is 8.90. The van der Waals surface area contributed by atoms with E-state index in [4.69, 9.17) is 0 Å². The number of aromatic nitrogens is 2. The van der Waals surface area contributed by atoms with Crippen LogP contribution in [0.25, 0.3) is 12.7 Å². The second-order valence-corrected chi connectivity index (χ2v) is 5.75. The Kier molecular flexibility index (Phi) is 3.57. The van der Waals surface area contributed by atoms with Crippen LogP contribution < -0.4 is 20.3 Å². The highest BCUT2D eigenvalue weighted by Crippen LogP contribution is 2.11. The second kappa shape index (κ2) is 5.01. The molecule has 0 aliphatic rings. The molecule has 0 amide bonds. The molecule has 0 unspecified atom stereocenters. The summed E-state index contributed by atoms with van der Waals surface area (Å²) in [4.78, 5) is 25.9. The maximum atomic E-state index is 12.2. The maximum Gasteiger partial charge on any atom is 0.305 e. The topological polar surface area (TPSA) is 54.9 Å². The molecule has 100 valence electrons. The van der Waals surface area contributed by atoms with Crippen LogP contribution in [0.3, 0.4) is 0 Å². The zero-order valence-electron chi connectivity index (χ0n) is 11.2. The Bertz CT molecular complexity index is 824. The molecule has 0 bridgehead atoms. The van der Waals surface area contributed by atoms with Gasteiger partial charge in [0.2, 0.25) is 0 Å². The number of rotatable bonds is 2. The summed E-state index contributed by atoms with van der Waals surface area (Å²) in [5.74, 6) is 0.290. The molecule has 2 heterocycles. The van der Waals surface area contributed by atoms with Gasteiger partial charge < -0.3 is 9.55 Å². The summed E-state index contributed by atoms with van der Waals surface area (Å²) in [5, 5.41) is 0.546. The molecule has 2 aromatic heterocycles. The molecule has 0 atom stereocenters. The zero-order chi connectivity index (χ0) is 14.2. The van der Waals surface area contributed by atoms with E-state index in [1.807, 2.05) is 19.9 Å². The highest BCUT2D eigenvalue weighted by atomic mass is 32.1. The molecule has 4 nitrogen and oxygen atoms in total. The van der Waals surface area contributed by atoms with Crippen molar-refractivity contribution >= 4 is 24.0 Å². The first-order valence-electron chi connectivity index (χ1n) is 6.00. The van der Waals surface area contributed by atoms with Gasteiger partial charge in [0.15, 0.2) is 0 Å². The summed E-state index contributed by atoms with van der Waals surface area (Å²) in [6.45, 7) is 7.84. The SMILES string of the molecule is C=c1[nH]c(=O)sc1=Cc1ccc(C(C)C)n(C)c1=O. The average molecular weight is 276 g/mol. The van der Waals surface area contributed by atoms with Gasteiger partial charge in [-0.25, -0.2) is 0 Å². The van der Waals surface area contributed by atoms with Crippen molar-refractivity contribution in [3.63, 3.8) is 0 Å². The maximum absolute atomic E-state index is 12.2. The van der Waals surface area contributed by atoms with Gasteiger partial charge in [-0.2, -0.15) is 0 Å². The van der Waals surface area contributed by atoms with E-state index in [1.165, 1.54) is 0 Å². The number of hydrogen-bond donors (Lipinski definition) is 1. The Balaban J connectivity index is 2.67. The van der Waals surface area contributed by atoms with Gasteiger partial charge >= 0.3 is 4.87 Å². The Morgan fingerprint density at radius 3 is 2.58 bits per heavy atom. The van der Waals surface area contributed by atoms with Crippen molar-refractivity contribution in [2.45, 2.75) is 19.8 Å². The largest absolute Gasteiger partial charge is 0.315 e. The van der Waals surface area contributed by atoms with Crippen molar-refractivity contribution < 1.29 is 0 Å². The third-order valence-corrected chi connectivity index (χ3v) is 3.88. The summed E-state index contributed by atoms with van der Waals surface area (Å²) in [6.07, 6.45) is 1.71. The van der Waals surface area contributed by atoms with Crippen LogP contribution in [0.2, 0.25) is 0 Å². The van der Waals surface area contributed by atoms with E-state index in [-0.39, 0.29) is 10.4 Å². The molecule has 5 heteroatoms. The first kappa shape index (κ1) is 13.5. The molecule has 0 radical (unpaired) electrons. The lowest BCUT2D eigenvalue weighted by Gasteiger charge is -2.11. The fraction of sp³-hybridized carbons (Fsp3) is 0.286. The molecule has 0 aromatic carbocycles. The molecule has 0 saturated heterocycles. The third kappa shape index (κ3) is 2.61. The Morgan fingerprint density at radius 2 is 2.05 bits per heavy atom. The van der Waals surface area contributed by atoms with Crippen molar-refractivity contribution in [1.29, 1.82) is 0 Å². The van der Waals surface area contributed by atoms with Crippen molar-refractivity contribution in [1.82, 2.24) is 9.55 Å². The highest BCUT2D eigenvalue weighted by molar-refractivity contribution is 7.07. The quantitative estimate of drug-likeness (QED) is 0.868. The van der Waals surface area contributed by atoms with Crippen molar-refractivity contribution in [3.8, 4) is 0 Å². The highest BCUT2D eigenvalue weighted by Gasteiger charge is 2.07. The van der Waals surface area contributed by atoms with Crippen LogP contribution in [0.4, 0.5) is 0 Å². The summed E-state index contributed by atoms with van der Waals surface area (Å²) in [6, 6.07) is 3.73. The first-order valence-corrected chi connectivity index (χ1v) is 6.81. The minimum Gasteiger partial charge on any atom is -0.315 e. The fourth-order valence-corrected chi connectivity index (χ4v) is 2.72. The van der Waals surface area contributed by atoms with E-state index in [2.05, 4.69) is 11.6 Å². The van der Waals surface area contributed by atoms with Gasteiger partial charge in [0.25, 0.3) is 5.56 Å². The van der Waals surface area contributed by atoms with Gasteiger partial charge in [-0.05, 0) is 24.1 Å². The lowest BCUT2D eigenvalue weighted by molar-refractivity contribution is 0.705. The number of nitrogens with one attached hydrogen (secondary N) is 1. The summed E-state index contributed by atoms with van der Waals surface area (Å²) in [7, 11) is 1.76. The Hall–Kier alpha value is -1.88. The summed E-state index contributed by atoms with van der Waals surface area (Å²) in [5.41, 5.74) is 1.48. The van der Waals surface area contributed by atoms with Gasteiger partial charge in [0, 0.05) is 18.3 Å². The number of pyridine rings is 1. The number of H-pyrrole nitrogens is 1. The van der Waals surface area contributed by atoms with E-state index >= 15 is 0 Å². The van der Waals surface area contributed by atoms with Gasteiger partial charge in [0.05, 0.1) is 9.88 Å². The minimum absolute atomic E-state index is 0.0635. The van der Waals surface area contributed by atoms with Crippen LogP contribution in [0.15, 0.2) is 21.7 Å². The van der Waals surface area contributed by atoms with Crippen molar-refractivity contribution in [2.75, 3.05) is 0 Å². The lowest BCUT2D eigenvalue weighted by atomic mass is 10.1. The van der Waals surface area contributed by atoms with Crippen LogP contribution in [0.1, 0.15) is 31.0 Å². The second-order valence-electron chi connectivity index (χ2n) is 4.73. The van der Waals surface area contributed by atoms with Crippen molar-refractivity contribution in [3.05, 3.63) is 53.3 Å². The van der Waals surface area contributed by atoms with Gasteiger partial charge in [-0.3, -0.25) is 9.59 Å². The molecule has 19 heavy (non-hydrogen) atoms. The average Bonchev–Trinajstić information content (AvgIpc) is 2.63. The van der Waals surface area contributed by atoms with Crippen LogP contribution in [-0.2, 0) is 7.05 Å². The molecular weight excluding hydrogens is 260 g/mol. The number of aromatic amines is 1. The normalized spacial score (nSPS) is 12.3. The van der Waals surface area contributed by atoms with E-state index in [0.717, 1.165) is 17.0 Å². The smallest absolute Gasteiger partial charge is 0.305 e. The molecule has 0 fully saturated rings. The monoisotopic (exact) mass is 276 g/mol. The third-order valence-electron chi connectivity index (χ3n) is 3.00. The van der Waals surface area contributed by atoms with Gasteiger partial charge in [-0.15, -0.1) is 0 Å². The molecular formula is C14H16N2O2S. The number of hydrogen-bond acceptors (Lipinski definition) is 3. The van der Waals surface area contributed by atoms with Gasteiger partial charge in [-0.1, -0.05) is 31.8 Å². The van der Waals surface area contributed by atoms with Crippen LogP contribution >= 0.6 is 11.3 Å². The Morgan fingerprint density at radius 1 is 1.37 bits per heavy atom. The fourth-order valence-electron chi connectivity index (χ4n) is 1.99. The van der Waals surface area contributed by atoms with Crippen LogP contribution in [-0.4, -0.2) is 9.55 Å². The van der Waals surface area contributed by atoms with Crippen molar-refractivity contribution in [2.24, 2.45) is 7.05 Å². The molecule has 2 rings (SSSR count). The predicted octanol–water partition coefficient (Wildman–Crippen LogP) is 0.498. The van der Waals surface area contributed by atoms with Gasteiger partial charge in [0.1, 0.15) is 0 Å². The zero-order valence-corrected chi connectivity index (χ0v) is 12.0. The molecule has 0 aliphatic heterocycles. The lowest BCUT2D eigenvalue weighted by Crippen LogP contribution is -2.25. The standard InChI is InChI=1S/C14H16N2O2S/c1-8(2)11-6-5-10(13(17)16(11)4)7-12-9(3)15-14(18)19-12/h5-8H,3H2,1-2,4H3,(H,15,18). The van der Waals surface area contributed by atoms with E-state index < -0.39 is 0 Å². The molecule has 0 spiro atoms. The molecule has 0 saturated carbocycles. The Labute approximate surface area is 114 Å². The minimum atomic E-state index is -0.160. The van der Waals surface area contributed by atoms with E-state index in [1.54, 1.807) is 23.8 Å².